The van der Waals surface area contributed by atoms with Crippen molar-refractivity contribution in [1.29, 1.82) is 0 Å². The highest BCUT2D eigenvalue weighted by Crippen LogP contribution is 2.36. The average molecular weight is 215 g/mol. The summed E-state index contributed by atoms with van der Waals surface area (Å²) < 4.78 is 0. The van der Waals surface area contributed by atoms with Crippen molar-refractivity contribution in [2.45, 2.75) is 38.1 Å². The number of para-hydroxylation sites is 1. The predicted octanol–water partition coefficient (Wildman–Crippen LogP) is 2.80. The first-order valence-corrected chi connectivity index (χ1v) is 6.24. The molecule has 84 valence electrons. The van der Waals surface area contributed by atoms with E-state index >= 15 is 0 Å². The number of anilines is 1. The van der Waals surface area contributed by atoms with Gasteiger partial charge in [0.25, 0.3) is 0 Å². The fraction of sp³-hybridized carbons (Fsp3) is 0.500. The Morgan fingerprint density at radius 1 is 1.25 bits per heavy atom. The van der Waals surface area contributed by atoms with Crippen LogP contribution in [-0.4, -0.2) is 18.9 Å². The standard InChI is InChI=1S/C14H17NO/c16-10-12-5-3-4-11-8-9-15(14(11)12)13-6-1-2-7-13/h3-5,10,13H,1-2,6-9H2. The quantitative estimate of drug-likeness (QED) is 0.707. The Kier molecular flexibility index (Phi) is 2.43. The Morgan fingerprint density at radius 2 is 2.06 bits per heavy atom. The van der Waals surface area contributed by atoms with Crippen LogP contribution in [0.15, 0.2) is 18.2 Å². The van der Waals surface area contributed by atoms with Crippen LogP contribution in [-0.2, 0) is 6.42 Å². The van der Waals surface area contributed by atoms with Crippen molar-refractivity contribution in [1.82, 2.24) is 0 Å². The van der Waals surface area contributed by atoms with Crippen LogP contribution in [0.2, 0.25) is 0 Å². The third-order valence-electron chi connectivity index (χ3n) is 3.95. The molecule has 0 aromatic heterocycles. The lowest BCUT2D eigenvalue weighted by atomic mass is 10.1. The van der Waals surface area contributed by atoms with Crippen molar-refractivity contribution < 1.29 is 4.79 Å². The van der Waals surface area contributed by atoms with Crippen LogP contribution in [0.3, 0.4) is 0 Å². The van der Waals surface area contributed by atoms with E-state index in [4.69, 9.17) is 0 Å². The number of hydrogen-bond donors (Lipinski definition) is 0. The molecule has 1 aliphatic carbocycles. The average Bonchev–Trinajstić information content (AvgIpc) is 2.96. The minimum atomic E-state index is 0.683. The third kappa shape index (κ3) is 1.44. The molecule has 16 heavy (non-hydrogen) atoms. The molecule has 0 amide bonds. The van der Waals surface area contributed by atoms with E-state index in [0.717, 1.165) is 24.8 Å². The van der Waals surface area contributed by atoms with E-state index in [0.29, 0.717) is 6.04 Å². The summed E-state index contributed by atoms with van der Waals surface area (Å²) in [5, 5.41) is 0. The normalized spacial score (nSPS) is 20.1. The molecule has 1 fully saturated rings. The number of fused-ring (bicyclic) bond motifs is 1. The van der Waals surface area contributed by atoms with Crippen molar-refractivity contribution in [3.8, 4) is 0 Å². The molecular formula is C14H17NO. The first kappa shape index (κ1) is 9.88. The molecule has 1 aliphatic heterocycles. The van der Waals surface area contributed by atoms with Gasteiger partial charge in [0.2, 0.25) is 0 Å². The summed E-state index contributed by atoms with van der Waals surface area (Å²) >= 11 is 0. The van der Waals surface area contributed by atoms with E-state index in [2.05, 4.69) is 11.0 Å². The summed E-state index contributed by atoms with van der Waals surface area (Å²) in [7, 11) is 0. The third-order valence-corrected chi connectivity index (χ3v) is 3.95. The van der Waals surface area contributed by atoms with E-state index in [9.17, 15) is 4.79 Å². The van der Waals surface area contributed by atoms with E-state index in [1.54, 1.807) is 0 Å². The van der Waals surface area contributed by atoms with Crippen LogP contribution in [0, 0.1) is 0 Å². The lowest BCUT2D eigenvalue weighted by Crippen LogP contribution is -2.31. The van der Waals surface area contributed by atoms with E-state index in [-0.39, 0.29) is 0 Å². The Morgan fingerprint density at radius 3 is 2.81 bits per heavy atom. The van der Waals surface area contributed by atoms with Gasteiger partial charge in [-0.05, 0) is 30.9 Å². The van der Waals surface area contributed by atoms with Crippen molar-refractivity contribution in [2.75, 3.05) is 11.4 Å². The Labute approximate surface area is 96.3 Å². The maximum atomic E-state index is 11.1. The van der Waals surface area contributed by atoms with Crippen LogP contribution in [0.1, 0.15) is 41.6 Å². The number of hydrogen-bond acceptors (Lipinski definition) is 2. The molecule has 1 saturated carbocycles. The van der Waals surface area contributed by atoms with Crippen LogP contribution in [0.5, 0.6) is 0 Å². The molecule has 2 heteroatoms. The van der Waals surface area contributed by atoms with Crippen LogP contribution in [0.4, 0.5) is 5.69 Å². The lowest BCUT2D eigenvalue weighted by molar-refractivity contribution is 0.112. The number of benzene rings is 1. The van der Waals surface area contributed by atoms with Gasteiger partial charge in [0.05, 0.1) is 5.69 Å². The zero-order valence-corrected chi connectivity index (χ0v) is 9.48. The van der Waals surface area contributed by atoms with Crippen LogP contribution < -0.4 is 4.90 Å². The summed E-state index contributed by atoms with van der Waals surface area (Å²) in [6.07, 6.45) is 7.40. The smallest absolute Gasteiger partial charge is 0.152 e. The molecule has 1 aromatic rings. The predicted molar refractivity (Wildman–Crippen MR) is 65.1 cm³/mol. The number of nitrogens with zero attached hydrogens (tertiary/aromatic N) is 1. The number of aldehydes is 1. The second kappa shape index (κ2) is 3.93. The Hall–Kier alpha value is -1.31. The van der Waals surface area contributed by atoms with Gasteiger partial charge in [-0.2, -0.15) is 0 Å². The van der Waals surface area contributed by atoms with E-state index < -0.39 is 0 Å². The summed E-state index contributed by atoms with van der Waals surface area (Å²) in [4.78, 5) is 13.6. The summed E-state index contributed by atoms with van der Waals surface area (Å²) in [5.74, 6) is 0. The summed E-state index contributed by atoms with van der Waals surface area (Å²) in [5.41, 5.74) is 3.46. The first-order chi connectivity index (χ1) is 7.90. The Bertz CT molecular complexity index is 407. The summed E-state index contributed by atoms with van der Waals surface area (Å²) in [6.45, 7) is 1.10. The molecule has 1 aromatic carbocycles. The lowest BCUT2D eigenvalue weighted by Gasteiger charge is -2.27. The molecular weight excluding hydrogens is 198 g/mol. The molecule has 3 rings (SSSR count). The molecule has 0 radical (unpaired) electrons. The molecule has 0 unspecified atom stereocenters. The van der Waals surface area contributed by atoms with Gasteiger partial charge in [-0.1, -0.05) is 25.0 Å². The maximum Gasteiger partial charge on any atom is 0.152 e. The SMILES string of the molecule is O=Cc1cccc2c1N(C1CCCC1)CC2. The molecule has 1 heterocycles. The molecule has 0 bridgehead atoms. The van der Waals surface area contributed by atoms with Gasteiger partial charge in [0, 0.05) is 18.2 Å². The molecule has 2 nitrogen and oxygen atoms in total. The second-order valence-electron chi connectivity index (χ2n) is 4.85. The van der Waals surface area contributed by atoms with Gasteiger partial charge in [0.15, 0.2) is 6.29 Å². The van der Waals surface area contributed by atoms with Gasteiger partial charge >= 0.3 is 0 Å². The summed E-state index contributed by atoms with van der Waals surface area (Å²) in [6, 6.07) is 6.79. The Balaban J connectivity index is 1.99. The zero-order valence-electron chi connectivity index (χ0n) is 9.48. The zero-order chi connectivity index (χ0) is 11.0. The first-order valence-electron chi connectivity index (χ1n) is 6.24. The van der Waals surface area contributed by atoms with Gasteiger partial charge < -0.3 is 4.90 Å². The fourth-order valence-corrected chi connectivity index (χ4v) is 3.19. The van der Waals surface area contributed by atoms with Gasteiger partial charge in [-0.15, -0.1) is 0 Å². The highest BCUT2D eigenvalue weighted by molar-refractivity contribution is 5.87. The minimum absolute atomic E-state index is 0.683. The number of carbonyl (C=O) groups is 1. The van der Waals surface area contributed by atoms with Crippen molar-refractivity contribution in [3.05, 3.63) is 29.3 Å². The van der Waals surface area contributed by atoms with Crippen molar-refractivity contribution in [3.63, 3.8) is 0 Å². The van der Waals surface area contributed by atoms with E-state index in [1.807, 2.05) is 12.1 Å². The molecule has 0 saturated heterocycles. The maximum absolute atomic E-state index is 11.1. The highest BCUT2D eigenvalue weighted by atomic mass is 16.1. The van der Waals surface area contributed by atoms with Gasteiger partial charge in [0.1, 0.15) is 0 Å². The number of rotatable bonds is 2. The topological polar surface area (TPSA) is 20.3 Å². The highest BCUT2D eigenvalue weighted by Gasteiger charge is 2.29. The fourth-order valence-electron chi connectivity index (χ4n) is 3.19. The van der Waals surface area contributed by atoms with Gasteiger partial charge in [-0.25, -0.2) is 0 Å². The van der Waals surface area contributed by atoms with Crippen LogP contribution >= 0.6 is 0 Å². The monoisotopic (exact) mass is 215 g/mol. The molecule has 0 N–H and O–H groups in total. The minimum Gasteiger partial charge on any atom is -0.367 e. The molecule has 2 aliphatic rings. The van der Waals surface area contributed by atoms with Crippen molar-refractivity contribution in [2.24, 2.45) is 0 Å². The molecule has 0 spiro atoms. The largest absolute Gasteiger partial charge is 0.367 e. The van der Waals surface area contributed by atoms with Crippen molar-refractivity contribution >= 4 is 12.0 Å². The molecule has 0 atom stereocenters. The van der Waals surface area contributed by atoms with Crippen LogP contribution in [0.25, 0.3) is 0 Å². The van der Waals surface area contributed by atoms with E-state index in [1.165, 1.54) is 36.9 Å². The van der Waals surface area contributed by atoms with Gasteiger partial charge in [-0.3, -0.25) is 4.79 Å². The second-order valence-corrected chi connectivity index (χ2v) is 4.85. The number of carbonyl (C=O) groups excluding carboxylic acids is 1.